The van der Waals surface area contributed by atoms with Crippen LogP contribution in [0.15, 0.2) is 12.7 Å². The summed E-state index contributed by atoms with van der Waals surface area (Å²) in [6, 6.07) is 0. The fraction of sp³-hybridized carbons (Fsp3) is 0.905. The van der Waals surface area contributed by atoms with Crippen LogP contribution < -0.4 is 17.7 Å². The van der Waals surface area contributed by atoms with Crippen molar-refractivity contribution in [1.29, 1.82) is 0 Å². The first-order valence-corrected chi connectivity index (χ1v) is 10.4. The molecular weight excluding hydrogens is 334 g/mol. The van der Waals surface area contributed by atoms with E-state index in [0.717, 1.165) is 25.8 Å². The van der Waals surface area contributed by atoms with Crippen molar-refractivity contribution in [3.05, 3.63) is 12.7 Å². The summed E-state index contributed by atoms with van der Waals surface area (Å²) in [7, 11) is 0. The minimum Gasteiger partial charge on any atom is -1.00 e. The predicted octanol–water partition coefficient (Wildman–Crippen LogP) is 0.945. The van der Waals surface area contributed by atoms with E-state index in [1.807, 2.05) is 6.08 Å². The van der Waals surface area contributed by atoms with Gasteiger partial charge in [0.2, 0.25) is 0 Å². The maximum absolute atomic E-state index is 9.38. The molecule has 0 heterocycles. The van der Waals surface area contributed by atoms with E-state index in [4.69, 9.17) is 0 Å². The van der Waals surface area contributed by atoms with E-state index >= 15 is 0 Å². The van der Waals surface area contributed by atoms with Gasteiger partial charge in [0.1, 0.15) is 5.54 Å². The molecule has 0 atom stereocenters. The van der Waals surface area contributed by atoms with Crippen LogP contribution >= 0.6 is 0 Å². The molecule has 0 aliphatic heterocycles. The van der Waals surface area contributed by atoms with Crippen LogP contribution in [0.2, 0.25) is 0 Å². The molecule has 0 aromatic rings. The van der Waals surface area contributed by atoms with Gasteiger partial charge in [0.05, 0.1) is 6.54 Å². The fourth-order valence-corrected chi connectivity index (χ4v) is 3.60. The van der Waals surface area contributed by atoms with Crippen LogP contribution in [-0.4, -0.2) is 35.5 Å². The Kier molecular flexibility index (Phi) is 21.9. The molecule has 0 fully saturated rings. The van der Waals surface area contributed by atoms with Crippen molar-refractivity contribution >= 4 is 0 Å². The monoisotopic (exact) mass is 377 g/mol. The number of halogens is 1. The molecule has 0 aliphatic rings. The summed E-state index contributed by atoms with van der Waals surface area (Å²) in [5.74, 6) is 0. The first-order valence-electron chi connectivity index (χ1n) is 10.4. The second-order valence-corrected chi connectivity index (χ2v) is 7.32. The van der Waals surface area contributed by atoms with Crippen molar-refractivity contribution in [2.75, 3.05) is 19.8 Å². The Morgan fingerprint density at radius 1 is 0.760 bits per heavy atom. The van der Waals surface area contributed by atoms with Gasteiger partial charge in [-0.3, -0.25) is 0 Å². The summed E-state index contributed by atoms with van der Waals surface area (Å²) in [6.07, 6.45) is 19.4. The lowest BCUT2D eigenvalue weighted by Gasteiger charge is -2.30. The lowest BCUT2D eigenvalue weighted by Crippen LogP contribution is -3.00. The SMILES string of the molecule is C=CC[NH2+]C(CCO)(CCO)CCCCCCCCCCCCC.[Cl-]. The summed E-state index contributed by atoms with van der Waals surface area (Å²) < 4.78 is 0. The van der Waals surface area contributed by atoms with Crippen molar-refractivity contribution < 1.29 is 27.9 Å². The van der Waals surface area contributed by atoms with Crippen molar-refractivity contribution in [3.8, 4) is 0 Å². The summed E-state index contributed by atoms with van der Waals surface area (Å²) in [5, 5.41) is 21.0. The maximum atomic E-state index is 9.38. The van der Waals surface area contributed by atoms with Gasteiger partial charge in [-0.05, 0) is 12.5 Å². The number of quaternary nitrogens is 1. The molecule has 25 heavy (non-hydrogen) atoms. The van der Waals surface area contributed by atoms with Gasteiger partial charge in [-0.15, -0.1) is 0 Å². The molecular formula is C21H44ClNO2. The highest BCUT2D eigenvalue weighted by Gasteiger charge is 2.31. The Morgan fingerprint density at radius 3 is 1.60 bits per heavy atom. The van der Waals surface area contributed by atoms with Gasteiger partial charge < -0.3 is 27.9 Å². The zero-order valence-electron chi connectivity index (χ0n) is 16.7. The van der Waals surface area contributed by atoms with Crippen molar-refractivity contribution in [1.82, 2.24) is 0 Å². The van der Waals surface area contributed by atoms with E-state index in [2.05, 4.69) is 18.8 Å². The molecule has 0 rings (SSSR count). The topological polar surface area (TPSA) is 57.1 Å². The van der Waals surface area contributed by atoms with Crippen LogP contribution in [0.5, 0.6) is 0 Å². The minimum absolute atomic E-state index is 0. The first-order chi connectivity index (χ1) is 11.7. The normalized spacial score (nSPS) is 11.3. The van der Waals surface area contributed by atoms with E-state index in [-0.39, 0.29) is 31.2 Å². The highest BCUT2D eigenvalue weighted by molar-refractivity contribution is 4.78. The van der Waals surface area contributed by atoms with E-state index in [1.165, 1.54) is 70.6 Å². The lowest BCUT2D eigenvalue weighted by atomic mass is 9.85. The van der Waals surface area contributed by atoms with Crippen molar-refractivity contribution in [2.24, 2.45) is 0 Å². The van der Waals surface area contributed by atoms with E-state index < -0.39 is 0 Å². The van der Waals surface area contributed by atoms with Gasteiger partial charge in [0.15, 0.2) is 0 Å². The molecule has 0 amide bonds. The number of hydrogen-bond donors (Lipinski definition) is 3. The maximum Gasteiger partial charge on any atom is 0.101 e. The van der Waals surface area contributed by atoms with Crippen LogP contribution in [0.4, 0.5) is 0 Å². The second kappa shape index (κ2) is 20.2. The molecule has 0 spiro atoms. The molecule has 3 nitrogen and oxygen atoms in total. The molecule has 0 saturated carbocycles. The van der Waals surface area contributed by atoms with Gasteiger partial charge in [0.25, 0.3) is 0 Å². The van der Waals surface area contributed by atoms with Gasteiger partial charge >= 0.3 is 0 Å². The molecule has 0 saturated heterocycles. The number of hydrogen-bond acceptors (Lipinski definition) is 2. The molecule has 0 aromatic carbocycles. The molecule has 152 valence electrons. The minimum atomic E-state index is -0.00301. The second-order valence-electron chi connectivity index (χ2n) is 7.32. The largest absolute Gasteiger partial charge is 1.00 e. The predicted molar refractivity (Wildman–Crippen MR) is 104 cm³/mol. The third-order valence-corrected chi connectivity index (χ3v) is 5.22. The molecule has 0 aromatic heterocycles. The Morgan fingerprint density at radius 2 is 1.20 bits per heavy atom. The third-order valence-electron chi connectivity index (χ3n) is 5.22. The van der Waals surface area contributed by atoms with Gasteiger partial charge in [-0.2, -0.15) is 0 Å². The molecule has 0 unspecified atom stereocenters. The molecule has 0 bridgehead atoms. The van der Waals surface area contributed by atoms with E-state index in [1.54, 1.807) is 0 Å². The standard InChI is InChI=1S/C21H43NO2.ClH/c1-3-5-6-7-8-9-10-11-12-13-14-15-21(16-19-23,17-20-24)22-18-4-2;/h4,22-24H,2-3,5-20H2,1H3;1H. The first kappa shape index (κ1) is 27.1. The zero-order chi connectivity index (χ0) is 17.9. The van der Waals surface area contributed by atoms with Gasteiger partial charge in [-0.1, -0.05) is 77.7 Å². The van der Waals surface area contributed by atoms with Crippen LogP contribution in [0.3, 0.4) is 0 Å². The van der Waals surface area contributed by atoms with Crippen LogP contribution in [0.25, 0.3) is 0 Å². The van der Waals surface area contributed by atoms with Gasteiger partial charge in [-0.25, -0.2) is 0 Å². The number of nitrogens with two attached hydrogens (primary N) is 1. The van der Waals surface area contributed by atoms with Crippen LogP contribution in [0, 0.1) is 0 Å². The highest BCUT2D eigenvalue weighted by atomic mass is 35.5. The number of aliphatic hydroxyl groups excluding tert-OH is 2. The third kappa shape index (κ3) is 15.9. The van der Waals surface area contributed by atoms with Crippen molar-refractivity contribution in [2.45, 2.75) is 102 Å². The Bertz CT molecular complexity index is 269. The number of unbranched alkanes of at least 4 members (excludes halogenated alkanes) is 10. The summed E-state index contributed by atoms with van der Waals surface area (Å²) >= 11 is 0. The Labute approximate surface area is 163 Å². The molecule has 4 heteroatoms. The number of rotatable bonds is 19. The average molecular weight is 378 g/mol. The average Bonchev–Trinajstić information content (AvgIpc) is 2.58. The lowest BCUT2D eigenvalue weighted by molar-refractivity contribution is -0.723. The Hall–Kier alpha value is -0.0900. The van der Waals surface area contributed by atoms with Crippen LogP contribution in [-0.2, 0) is 0 Å². The van der Waals surface area contributed by atoms with E-state index in [0.29, 0.717) is 0 Å². The van der Waals surface area contributed by atoms with E-state index in [9.17, 15) is 10.2 Å². The quantitative estimate of drug-likeness (QED) is 0.232. The zero-order valence-corrected chi connectivity index (χ0v) is 17.4. The molecule has 0 radical (unpaired) electrons. The fourth-order valence-electron chi connectivity index (χ4n) is 3.60. The van der Waals surface area contributed by atoms with Crippen LogP contribution in [0.1, 0.15) is 96.8 Å². The Balaban J connectivity index is 0. The van der Waals surface area contributed by atoms with Crippen molar-refractivity contribution in [3.63, 3.8) is 0 Å². The van der Waals surface area contributed by atoms with Gasteiger partial charge in [0, 0.05) is 32.5 Å². The summed E-state index contributed by atoms with van der Waals surface area (Å²) in [4.78, 5) is 0. The molecule has 4 N–H and O–H groups in total. The smallest absolute Gasteiger partial charge is 0.101 e. The number of aliphatic hydroxyl groups is 2. The highest BCUT2D eigenvalue weighted by Crippen LogP contribution is 2.20. The summed E-state index contributed by atoms with van der Waals surface area (Å²) in [5.41, 5.74) is -0.00301. The summed E-state index contributed by atoms with van der Waals surface area (Å²) in [6.45, 7) is 7.32. The molecule has 0 aliphatic carbocycles.